The zero-order chi connectivity index (χ0) is 28.0. The third-order valence-corrected chi connectivity index (χ3v) is 6.26. The number of primary amides is 1. The number of hydrogen-bond acceptors (Lipinski definition) is 6. The molecule has 0 spiro atoms. The molecule has 0 aliphatic heterocycles. The highest BCUT2D eigenvalue weighted by Gasteiger charge is 2.62. The number of nitrogens with two attached hydrogens (primary N) is 1. The number of aliphatic hydroxyl groups is 1. The molecule has 3 aromatic rings. The van der Waals surface area contributed by atoms with E-state index >= 15 is 4.39 Å². The summed E-state index contributed by atoms with van der Waals surface area (Å²) in [7, 11) is 22.7. The van der Waals surface area contributed by atoms with Crippen LogP contribution in [0.1, 0.15) is 10.4 Å². The Bertz CT molecular complexity index is 1450. The number of fused-ring (bicyclic) bond motifs is 1. The topological polar surface area (TPSA) is 136 Å². The van der Waals surface area contributed by atoms with Crippen LogP contribution in [0.5, 0.6) is 17.2 Å². The van der Waals surface area contributed by atoms with Gasteiger partial charge in [0, 0.05) is 29.8 Å². The SMILES string of the molecule is [B]C1([B])C(NC(=O)Nc2cc(F)c(Oc3ccnc4cc(OCCO)c(C(N)=O)cc34)c(F)c2Cl)C1([B])[B]. The van der Waals surface area contributed by atoms with Crippen LogP contribution in [0.25, 0.3) is 10.9 Å². The van der Waals surface area contributed by atoms with E-state index in [-0.39, 0.29) is 41.2 Å². The van der Waals surface area contributed by atoms with Gasteiger partial charge in [0.2, 0.25) is 0 Å². The molecular formula is C22H15B4ClF2N4O5. The molecule has 5 N–H and O–H groups in total. The second kappa shape index (κ2) is 10.0. The van der Waals surface area contributed by atoms with E-state index in [4.69, 9.17) is 63.3 Å². The first-order valence-corrected chi connectivity index (χ1v) is 11.2. The lowest BCUT2D eigenvalue weighted by Gasteiger charge is -2.16. The Hall–Kier alpha value is -3.44. The molecule has 0 bridgehead atoms. The van der Waals surface area contributed by atoms with Crippen LogP contribution >= 0.6 is 11.6 Å². The standard InChI is InChI=1S/C22H15B4ClF2N4O5/c23-21(24)19(22(21,25)26)33-20(36)32-12-6-10(28)17(16(29)15(12)27)38-13-1-2-31-11-7-14(37-4-3-34)9(18(30)35)5-8(11)13/h1-2,5-7,19,34H,3-4H2,(H2,30,35)(H2,32,33,36). The number of carbonyl (C=O) groups is 2. The normalized spacial score (nSPS) is 15.6. The lowest BCUT2D eigenvalue weighted by molar-refractivity contribution is 0.0994. The summed E-state index contributed by atoms with van der Waals surface area (Å²) >= 11 is 6.03. The van der Waals surface area contributed by atoms with Gasteiger partial charge in [-0.25, -0.2) is 13.6 Å². The number of aliphatic hydroxyl groups excluding tert-OH is 1. The smallest absolute Gasteiger partial charge is 0.319 e. The number of amides is 3. The van der Waals surface area contributed by atoms with Crippen LogP contribution in [0.4, 0.5) is 19.3 Å². The number of carbonyl (C=O) groups excluding carboxylic acids is 2. The van der Waals surface area contributed by atoms with E-state index in [0.717, 1.165) is 6.07 Å². The lowest BCUT2D eigenvalue weighted by Crippen LogP contribution is -2.34. The molecule has 1 aliphatic rings. The highest BCUT2D eigenvalue weighted by atomic mass is 35.5. The molecule has 38 heavy (non-hydrogen) atoms. The maximum atomic E-state index is 15.1. The van der Waals surface area contributed by atoms with Crippen molar-refractivity contribution >= 4 is 71.5 Å². The number of rotatable bonds is 8. The number of ether oxygens (including phenoxy) is 2. The number of pyridine rings is 1. The molecule has 8 radical (unpaired) electrons. The van der Waals surface area contributed by atoms with E-state index < -0.39 is 56.5 Å². The summed E-state index contributed by atoms with van der Waals surface area (Å²) in [4.78, 5) is 28.3. The number of benzene rings is 2. The van der Waals surface area contributed by atoms with Crippen molar-refractivity contribution in [3.8, 4) is 17.2 Å². The van der Waals surface area contributed by atoms with Gasteiger partial charge in [-0.2, -0.15) is 0 Å². The maximum absolute atomic E-state index is 15.1. The Morgan fingerprint density at radius 1 is 1.16 bits per heavy atom. The molecule has 1 aromatic heterocycles. The largest absolute Gasteiger partial charge is 0.490 e. The van der Waals surface area contributed by atoms with Gasteiger partial charge in [0.25, 0.3) is 5.91 Å². The molecule has 0 atom stereocenters. The Balaban J connectivity index is 1.63. The second-order valence-electron chi connectivity index (χ2n) is 8.47. The molecule has 16 heteroatoms. The van der Waals surface area contributed by atoms with Gasteiger partial charge in [-0.3, -0.25) is 9.78 Å². The fourth-order valence-corrected chi connectivity index (χ4v) is 3.86. The summed E-state index contributed by atoms with van der Waals surface area (Å²) < 4.78 is 40.9. The third-order valence-electron chi connectivity index (χ3n) is 5.89. The minimum absolute atomic E-state index is 0.0482. The number of halogens is 3. The molecule has 4 rings (SSSR count). The Kier molecular flexibility index (Phi) is 7.28. The first-order chi connectivity index (χ1) is 17.8. The Morgan fingerprint density at radius 3 is 2.45 bits per heavy atom. The fraction of sp³-hybridized carbons (Fsp3) is 0.227. The summed E-state index contributed by atoms with van der Waals surface area (Å²) in [6, 6.07) is 2.65. The van der Waals surface area contributed by atoms with Crippen molar-refractivity contribution in [2.75, 3.05) is 18.5 Å². The highest BCUT2D eigenvalue weighted by molar-refractivity contribution is 6.61. The molecular weight excluding hydrogens is 517 g/mol. The van der Waals surface area contributed by atoms with Crippen LogP contribution in [-0.4, -0.2) is 72.7 Å². The Morgan fingerprint density at radius 2 is 1.84 bits per heavy atom. The van der Waals surface area contributed by atoms with Gasteiger partial charge in [-0.1, -0.05) is 22.0 Å². The average molecular weight is 532 g/mol. The van der Waals surface area contributed by atoms with Crippen molar-refractivity contribution in [1.82, 2.24) is 10.3 Å². The minimum atomic E-state index is -1.59. The van der Waals surface area contributed by atoms with E-state index in [9.17, 15) is 14.0 Å². The average Bonchev–Trinajstić information content (AvgIpc) is 3.24. The molecule has 9 nitrogen and oxygen atoms in total. The van der Waals surface area contributed by atoms with Gasteiger partial charge in [0.1, 0.15) is 23.1 Å². The molecule has 0 unspecified atom stereocenters. The second-order valence-corrected chi connectivity index (χ2v) is 8.85. The van der Waals surface area contributed by atoms with Crippen LogP contribution in [0, 0.1) is 11.6 Å². The molecule has 186 valence electrons. The summed E-state index contributed by atoms with van der Waals surface area (Å²) in [5.41, 5.74) is 5.13. The molecule has 1 fully saturated rings. The number of anilines is 1. The summed E-state index contributed by atoms with van der Waals surface area (Å²) in [6.07, 6.45) is 1.29. The molecule has 1 aliphatic carbocycles. The number of nitrogens with one attached hydrogen (secondary N) is 2. The monoisotopic (exact) mass is 532 g/mol. The lowest BCUT2D eigenvalue weighted by atomic mass is 9.49. The van der Waals surface area contributed by atoms with Crippen LogP contribution in [0.3, 0.4) is 0 Å². The Labute approximate surface area is 225 Å². The van der Waals surface area contributed by atoms with Crippen molar-refractivity contribution in [3.05, 3.63) is 52.7 Å². The first-order valence-electron chi connectivity index (χ1n) is 10.8. The van der Waals surface area contributed by atoms with Gasteiger partial charge in [0.05, 0.1) is 54.8 Å². The highest BCUT2D eigenvalue weighted by Crippen LogP contribution is 2.67. The number of aromatic nitrogens is 1. The van der Waals surface area contributed by atoms with Gasteiger partial charge in [0.15, 0.2) is 17.4 Å². The van der Waals surface area contributed by atoms with Crippen molar-refractivity contribution in [2.24, 2.45) is 5.73 Å². The van der Waals surface area contributed by atoms with Crippen LogP contribution in [-0.2, 0) is 0 Å². The minimum Gasteiger partial charge on any atom is -0.490 e. The summed E-state index contributed by atoms with van der Waals surface area (Å²) in [5, 5.41) is 9.78. The van der Waals surface area contributed by atoms with E-state index in [2.05, 4.69) is 15.6 Å². The molecule has 3 amide bonds. The van der Waals surface area contributed by atoms with Crippen LogP contribution in [0.2, 0.25) is 15.5 Å². The van der Waals surface area contributed by atoms with E-state index in [1.165, 1.54) is 24.4 Å². The summed E-state index contributed by atoms with van der Waals surface area (Å²) in [6.45, 7) is -0.435. The molecule has 1 heterocycles. The van der Waals surface area contributed by atoms with Crippen molar-refractivity contribution in [3.63, 3.8) is 0 Å². The zero-order valence-electron chi connectivity index (χ0n) is 19.4. The summed E-state index contributed by atoms with van der Waals surface area (Å²) in [5.74, 6) is -4.38. The van der Waals surface area contributed by atoms with Crippen molar-refractivity contribution in [1.29, 1.82) is 0 Å². The molecule has 0 saturated heterocycles. The predicted molar refractivity (Wildman–Crippen MR) is 139 cm³/mol. The van der Waals surface area contributed by atoms with Crippen LogP contribution < -0.4 is 25.8 Å². The van der Waals surface area contributed by atoms with Gasteiger partial charge in [-0.05, 0) is 12.1 Å². The van der Waals surface area contributed by atoms with Crippen molar-refractivity contribution < 1.29 is 33.0 Å². The molecule has 2 aromatic carbocycles. The van der Waals surface area contributed by atoms with Crippen molar-refractivity contribution in [2.45, 2.75) is 16.5 Å². The molecule has 1 saturated carbocycles. The van der Waals surface area contributed by atoms with Crippen LogP contribution in [0.15, 0.2) is 30.5 Å². The van der Waals surface area contributed by atoms with E-state index in [0.29, 0.717) is 0 Å². The fourth-order valence-electron chi connectivity index (χ4n) is 3.67. The third kappa shape index (κ3) is 4.88. The van der Waals surface area contributed by atoms with Gasteiger partial charge in [-0.15, -0.1) is 0 Å². The van der Waals surface area contributed by atoms with E-state index in [1.807, 2.05) is 0 Å². The number of urea groups is 1. The predicted octanol–water partition coefficient (Wildman–Crippen LogP) is 1.84. The quantitative estimate of drug-likeness (QED) is 0.259. The number of hydrogen-bond donors (Lipinski definition) is 4. The first kappa shape index (κ1) is 27.6. The zero-order valence-corrected chi connectivity index (χ0v) is 20.2. The number of nitrogens with zero attached hydrogens (tertiary/aromatic N) is 1. The van der Waals surface area contributed by atoms with Gasteiger partial charge >= 0.3 is 6.03 Å². The maximum Gasteiger partial charge on any atom is 0.319 e. The van der Waals surface area contributed by atoms with E-state index in [1.54, 1.807) is 0 Å². The van der Waals surface area contributed by atoms with Gasteiger partial charge < -0.3 is 30.9 Å².